The number of carbonyl (C=O) groups excluding carboxylic acids is 4. The molecule has 7 rings (SSSR count). The van der Waals surface area contributed by atoms with Crippen LogP contribution < -0.4 is 0 Å². The molecule has 0 amide bonds. The van der Waals surface area contributed by atoms with Gasteiger partial charge in [0.1, 0.15) is 0 Å². The Hall–Kier alpha value is -2.17. The number of hydrogen-bond acceptors (Lipinski definition) is 8. The van der Waals surface area contributed by atoms with E-state index in [9.17, 15) is 19.2 Å². The number of hydrogen-bond donors (Lipinski definition) is 0. The van der Waals surface area contributed by atoms with Gasteiger partial charge in [-0.3, -0.25) is 0 Å². The van der Waals surface area contributed by atoms with Crippen molar-refractivity contribution >= 4 is 44.5 Å². The molecule has 0 spiro atoms. The van der Waals surface area contributed by atoms with Crippen molar-refractivity contribution in [1.82, 2.24) is 0 Å². The van der Waals surface area contributed by atoms with E-state index in [0.717, 1.165) is 20.3 Å². The van der Waals surface area contributed by atoms with Gasteiger partial charge in [0.2, 0.25) is 0 Å². The molecule has 0 N–H and O–H groups in total. The van der Waals surface area contributed by atoms with E-state index in [1.807, 2.05) is 32.9 Å². The van der Waals surface area contributed by atoms with Crippen LogP contribution in [0.4, 0.5) is 0 Å². The van der Waals surface area contributed by atoms with Crippen LogP contribution in [0.2, 0.25) is 0 Å². The van der Waals surface area contributed by atoms with Gasteiger partial charge in [0.05, 0.1) is 0 Å². The van der Waals surface area contributed by atoms with Gasteiger partial charge in [-0.25, -0.2) is 0 Å². The second kappa shape index (κ2) is 7.41. The molecule has 6 saturated carbocycles. The Morgan fingerprint density at radius 2 is 0.971 bits per heavy atom. The standard InChI is InChI=1S/C25H29IO8/c1-14-6-15(2)17(16(3)7-14)26(33-20(29)24-8-22(9-24,10-24)18(27)31-4)34-21(30)25-11-23(12-25,13-25)19(28)32-5/h6-7H,8-13H2,1-5H3. The average molecular weight is 584 g/mol. The summed E-state index contributed by atoms with van der Waals surface area (Å²) < 4.78 is 22.6. The summed E-state index contributed by atoms with van der Waals surface area (Å²) in [6.45, 7) is 5.85. The zero-order chi connectivity index (χ0) is 24.7. The SMILES string of the molecule is COC(=O)C12CC(C(=O)OI(OC(=O)C34CC(C(=O)OC)(C3)C4)c3c(C)cc(C)cc3C)(C1)C2. The molecule has 6 aliphatic carbocycles. The molecule has 8 nitrogen and oxygen atoms in total. The number of aryl methyl sites for hydroxylation is 3. The zero-order valence-corrected chi connectivity index (χ0v) is 22.2. The predicted octanol–water partition coefficient (Wildman–Crippen LogP) is 3.89. The van der Waals surface area contributed by atoms with Crippen molar-refractivity contribution < 1.29 is 34.8 Å². The molecule has 0 aromatic heterocycles. The fourth-order valence-corrected chi connectivity index (χ4v) is 10.6. The van der Waals surface area contributed by atoms with E-state index >= 15 is 0 Å². The number of carbonyl (C=O) groups is 4. The molecule has 34 heavy (non-hydrogen) atoms. The van der Waals surface area contributed by atoms with Crippen molar-refractivity contribution in [2.24, 2.45) is 21.7 Å². The van der Waals surface area contributed by atoms with Crippen LogP contribution in [0.5, 0.6) is 0 Å². The summed E-state index contributed by atoms with van der Waals surface area (Å²) in [5.41, 5.74) is 0.431. The van der Waals surface area contributed by atoms with Gasteiger partial charge in [-0.15, -0.1) is 0 Å². The third kappa shape index (κ3) is 3.07. The second-order valence-corrected chi connectivity index (χ2v) is 14.0. The number of halogens is 1. The zero-order valence-electron chi connectivity index (χ0n) is 20.0. The minimum absolute atomic E-state index is 0.280. The van der Waals surface area contributed by atoms with Crippen molar-refractivity contribution in [2.45, 2.75) is 59.3 Å². The summed E-state index contributed by atoms with van der Waals surface area (Å²) in [6.07, 6.45) is 2.51. The third-order valence-corrected chi connectivity index (χ3v) is 12.4. The van der Waals surface area contributed by atoms with Gasteiger partial charge < -0.3 is 0 Å². The van der Waals surface area contributed by atoms with Crippen molar-refractivity contribution in [3.8, 4) is 0 Å². The van der Waals surface area contributed by atoms with E-state index in [0.29, 0.717) is 38.5 Å². The summed E-state index contributed by atoms with van der Waals surface area (Å²) in [5.74, 6) is -1.34. The molecule has 6 aliphatic rings. The molecular weight excluding hydrogens is 555 g/mol. The monoisotopic (exact) mass is 584 g/mol. The van der Waals surface area contributed by atoms with Crippen LogP contribution >= 0.6 is 20.6 Å². The van der Waals surface area contributed by atoms with Crippen LogP contribution in [0.25, 0.3) is 0 Å². The number of rotatable bonds is 7. The van der Waals surface area contributed by atoms with E-state index in [4.69, 9.17) is 15.6 Å². The van der Waals surface area contributed by atoms with Crippen LogP contribution in [0.3, 0.4) is 0 Å². The quantitative estimate of drug-likeness (QED) is 0.351. The first kappa shape index (κ1) is 23.6. The van der Waals surface area contributed by atoms with Crippen LogP contribution in [-0.2, 0) is 34.8 Å². The molecule has 0 aliphatic heterocycles. The van der Waals surface area contributed by atoms with Crippen LogP contribution in [0, 0.1) is 46.0 Å². The van der Waals surface area contributed by atoms with Crippen LogP contribution in [0.15, 0.2) is 12.1 Å². The van der Waals surface area contributed by atoms with Gasteiger partial charge in [-0.2, -0.15) is 0 Å². The molecule has 1 aromatic rings. The first-order valence-electron chi connectivity index (χ1n) is 11.3. The van der Waals surface area contributed by atoms with Crippen molar-refractivity contribution in [1.29, 1.82) is 0 Å². The number of ether oxygens (including phenoxy) is 2. The molecule has 6 fully saturated rings. The molecule has 0 atom stereocenters. The van der Waals surface area contributed by atoms with Gasteiger partial charge in [0.25, 0.3) is 0 Å². The summed E-state index contributed by atoms with van der Waals surface area (Å²) in [7, 11) is 2.71. The Morgan fingerprint density at radius 1 is 0.647 bits per heavy atom. The van der Waals surface area contributed by atoms with Crippen LogP contribution in [0.1, 0.15) is 55.2 Å². The van der Waals surface area contributed by atoms with Gasteiger partial charge in [0, 0.05) is 0 Å². The Labute approximate surface area is 206 Å². The summed E-state index contributed by atoms with van der Waals surface area (Å²) in [5, 5.41) is 0. The van der Waals surface area contributed by atoms with E-state index < -0.39 is 42.3 Å². The first-order valence-corrected chi connectivity index (χ1v) is 14.2. The van der Waals surface area contributed by atoms with Crippen molar-refractivity contribution in [3.05, 3.63) is 32.4 Å². The van der Waals surface area contributed by atoms with Crippen molar-refractivity contribution in [3.63, 3.8) is 0 Å². The molecule has 4 bridgehead atoms. The molecule has 184 valence electrons. The normalized spacial score (nSPS) is 34.2. The molecule has 0 saturated heterocycles. The fraction of sp³-hybridized carbons (Fsp3) is 0.600. The van der Waals surface area contributed by atoms with E-state index in [-0.39, 0.29) is 23.9 Å². The number of methoxy groups -OCH3 is 2. The topological polar surface area (TPSA) is 105 Å². The molecular formula is C25H29IO8. The summed E-state index contributed by atoms with van der Waals surface area (Å²) >= 11 is -3.18. The van der Waals surface area contributed by atoms with Gasteiger partial charge in [-0.05, 0) is 0 Å². The first-order chi connectivity index (χ1) is 15.9. The maximum absolute atomic E-state index is 13.2. The molecule has 1 aromatic carbocycles. The number of benzene rings is 1. The van der Waals surface area contributed by atoms with E-state index in [2.05, 4.69) is 0 Å². The van der Waals surface area contributed by atoms with Gasteiger partial charge >= 0.3 is 207 Å². The Morgan fingerprint density at radius 3 is 1.29 bits per heavy atom. The summed E-state index contributed by atoms with van der Waals surface area (Å²) in [4.78, 5) is 50.5. The fourth-order valence-electron chi connectivity index (χ4n) is 6.66. The molecule has 0 unspecified atom stereocenters. The summed E-state index contributed by atoms with van der Waals surface area (Å²) in [6, 6.07) is 3.99. The molecule has 9 heteroatoms. The molecule has 0 radical (unpaired) electrons. The Kier molecular flexibility index (Phi) is 5.14. The average Bonchev–Trinajstić information content (AvgIpc) is 2.62. The molecule has 0 heterocycles. The third-order valence-electron chi connectivity index (χ3n) is 8.18. The number of esters is 2. The van der Waals surface area contributed by atoms with Gasteiger partial charge in [-0.1, -0.05) is 0 Å². The van der Waals surface area contributed by atoms with Crippen LogP contribution in [-0.4, -0.2) is 38.1 Å². The predicted molar refractivity (Wildman–Crippen MR) is 127 cm³/mol. The second-order valence-electron chi connectivity index (χ2n) is 10.8. The van der Waals surface area contributed by atoms with E-state index in [1.54, 1.807) is 0 Å². The Balaban J connectivity index is 1.34. The Bertz CT molecular complexity index is 1020. The van der Waals surface area contributed by atoms with Crippen molar-refractivity contribution in [2.75, 3.05) is 14.2 Å². The van der Waals surface area contributed by atoms with E-state index in [1.165, 1.54) is 14.2 Å². The maximum atomic E-state index is 13.2. The van der Waals surface area contributed by atoms with Gasteiger partial charge in [0.15, 0.2) is 0 Å². The minimum atomic E-state index is -3.18.